The molecule has 0 spiro atoms. The van der Waals surface area contributed by atoms with E-state index in [9.17, 15) is 9.18 Å². The van der Waals surface area contributed by atoms with Crippen molar-refractivity contribution < 1.29 is 9.18 Å². The molecular formula is C19H27FIN7OS. The van der Waals surface area contributed by atoms with Crippen molar-refractivity contribution in [1.29, 1.82) is 0 Å². The second kappa shape index (κ2) is 12.0. The van der Waals surface area contributed by atoms with Crippen molar-refractivity contribution in [3.05, 3.63) is 40.2 Å². The van der Waals surface area contributed by atoms with Crippen LogP contribution in [0.1, 0.15) is 28.7 Å². The summed E-state index contributed by atoms with van der Waals surface area (Å²) in [5.41, 5.74) is 2.40. The monoisotopic (exact) mass is 547 g/mol. The molecule has 3 heterocycles. The lowest BCUT2D eigenvalue weighted by Gasteiger charge is -2.20. The maximum absolute atomic E-state index is 14.0. The summed E-state index contributed by atoms with van der Waals surface area (Å²) < 4.78 is 14.0. The number of anilines is 1. The first-order valence-electron chi connectivity index (χ1n) is 9.67. The predicted molar refractivity (Wildman–Crippen MR) is 129 cm³/mol. The Morgan fingerprint density at radius 1 is 1.40 bits per heavy atom. The van der Waals surface area contributed by atoms with Gasteiger partial charge in [0.25, 0.3) is 5.91 Å². The first-order chi connectivity index (χ1) is 14.1. The Morgan fingerprint density at radius 3 is 2.93 bits per heavy atom. The summed E-state index contributed by atoms with van der Waals surface area (Å²) in [5.74, 6) is 0.645. The summed E-state index contributed by atoms with van der Waals surface area (Å²) in [5, 5.41) is 9.46. The molecule has 0 saturated carbocycles. The van der Waals surface area contributed by atoms with Gasteiger partial charge in [0.2, 0.25) is 0 Å². The third-order valence-corrected chi connectivity index (χ3v) is 5.46. The molecule has 0 radical (unpaired) electrons. The van der Waals surface area contributed by atoms with Crippen LogP contribution in [-0.4, -0.2) is 60.6 Å². The van der Waals surface area contributed by atoms with Crippen molar-refractivity contribution in [1.82, 2.24) is 25.9 Å². The van der Waals surface area contributed by atoms with Crippen molar-refractivity contribution in [3.8, 4) is 0 Å². The number of nitrogens with zero attached hydrogens (tertiary/aromatic N) is 4. The highest BCUT2D eigenvalue weighted by Crippen LogP contribution is 2.20. The number of carbonyl (C=O) groups excluding carboxylic acids is 1. The Morgan fingerprint density at radius 2 is 2.23 bits per heavy atom. The van der Waals surface area contributed by atoms with Crippen LogP contribution in [-0.2, 0) is 0 Å². The van der Waals surface area contributed by atoms with Gasteiger partial charge in [0.15, 0.2) is 17.6 Å². The number of thiazole rings is 1. The molecule has 1 amide bonds. The van der Waals surface area contributed by atoms with Gasteiger partial charge in [-0.2, -0.15) is 0 Å². The van der Waals surface area contributed by atoms with Gasteiger partial charge in [0.05, 0.1) is 17.7 Å². The maximum atomic E-state index is 14.0. The fourth-order valence-electron chi connectivity index (χ4n) is 3.13. The molecule has 0 aromatic carbocycles. The van der Waals surface area contributed by atoms with Crippen molar-refractivity contribution in [2.75, 3.05) is 37.6 Å². The van der Waals surface area contributed by atoms with Crippen LogP contribution in [0.4, 0.5) is 10.2 Å². The van der Waals surface area contributed by atoms with E-state index in [2.05, 4.69) is 30.9 Å². The third-order valence-electron chi connectivity index (χ3n) is 4.53. The second-order valence-corrected chi connectivity index (χ2v) is 7.52. The summed E-state index contributed by atoms with van der Waals surface area (Å²) in [7, 11) is 0. The Balaban J connectivity index is 0.00000320. The van der Waals surface area contributed by atoms with Crippen molar-refractivity contribution >= 4 is 53.0 Å². The minimum absolute atomic E-state index is 0. The standard InChI is InChI=1S/C19H26FN7OS.HI/c1-3-21-19(24-9-8-23-18(28)16-13(2)25-12-29-16)26-14-6-10-27(11-14)17-15(20)5-4-7-22-17;/h4-5,7,12,14H,3,6,8-11H2,1-2H3,(H,23,28)(H2,21,24,26);1H. The Labute approximate surface area is 196 Å². The Kier molecular flexibility index (Phi) is 9.69. The number of nitrogens with one attached hydrogen (secondary N) is 3. The number of amides is 1. The highest BCUT2D eigenvalue weighted by atomic mass is 127. The molecule has 1 saturated heterocycles. The van der Waals surface area contributed by atoms with E-state index in [0.717, 1.165) is 25.2 Å². The molecule has 11 heteroatoms. The van der Waals surface area contributed by atoms with Gasteiger partial charge in [-0.1, -0.05) is 0 Å². The molecule has 1 unspecified atom stereocenters. The largest absolute Gasteiger partial charge is 0.357 e. The SMILES string of the molecule is CCNC(=NCCNC(=O)c1scnc1C)NC1CCN(c2ncccc2F)C1.I. The molecule has 1 atom stereocenters. The van der Waals surface area contributed by atoms with Crippen LogP contribution >= 0.6 is 35.3 Å². The third kappa shape index (κ3) is 6.49. The molecular weight excluding hydrogens is 520 g/mol. The van der Waals surface area contributed by atoms with Gasteiger partial charge in [0, 0.05) is 38.4 Å². The van der Waals surface area contributed by atoms with E-state index >= 15 is 0 Å². The number of rotatable bonds is 7. The fraction of sp³-hybridized carbons (Fsp3) is 0.474. The van der Waals surface area contributed by atoms with Gasteiger partial charge in [-0.15, -0.1) is 35.3 Å². The molecule has 30 heavy (non-hydrogen) atoms. The van der Waals surface area contributed by atoms with Crippen LogP contribution in [0.25, 0.3) is 0 Å². The fourth-order valence-corrected chi connectivity index (χ4v) is 3.85. The average Bonchev–Trinajstić information content (AvgIpc) is 3.34. The number of guanidine groups is 1. The summed E-state index contributed by atoms with van der Waals surface area (Å²) in [6, 6.07) is 3.16. The van der Waals surface area contributed by atoms with E-state index in [0.29, 0.717) is 36.3 Å². The van der Waals surface area contributed by atoms with E-state index in [4.69, 9.17) is 0 Å². The van der Waals surface area contributed by atoms with Crippen molar-refractivity contribution in [2.24, 2.45) is 4.99 Å². The Hall–Kier alpha value is -2.02. The maximum Gasteiger partial charge on any atom is 0.263 e. The molecule has 2 aromatic heterocycles. The van der Waals surface area contributed by atoms with Gasteiger partial charge in [-0.05, 0) is 32.4 Å². The number of pyridine rings is 1. The molecule has 1 aliphatic rings. The molecule has 2 aromatic rings. The van der Waals surface area contributed by atoms with E-state index in [1.807, 2.05) is 18.7 Å². The van der Waals surface area contributed by atoms with Crippen LogP contribution < -0.4 is 20.9 Å². The van der Waals surface area contributed by atoms with Crippen LogP contribution in [0.5, 0.6) is 0 Å². The predicted octanol–water partition coefficient (Wildman–Crippen LogP) is 2.17. The Bertz CT molecular complexity index is 863. The zero-order valence-corrected chi connectivity index (χ0v) is 20.2. The summed E-state index contributed by atoms with van der Waals surface area (Å²) >= 11 is 1.33. The zero-order valence-electron chi connectivity index (χ0n) is 17.0. The molecule has 1 fully saturated rings. The number of halogens is 2. The zero-order chi connectivity index (χ0) is 20.6. The molecule has 3 rings (SSSR count). The second-order valence-electron chi connectivity index (χ2n) is 6.67. The molecule has 8 nitrogen and oxygen atoms in total. The quantitative estimate of drug-likeness (QED) is 0.213. The number of aromatic nitrogens is 2. The molecule has 3 N–H and O–H groups in total. The minimum atomic E-state index is -0.305. The van der Waals surface area contributed by atoms with Gasteiger partial charge in [-0.3, -0.25) is 9.79 Å². The summed E-state index contributed by atoms with van der Waals surface area (Å²) in [6.45, 7) is 6.81. The van der Waals surface area contributed by atoms with Crippen LogP contribution in [0.3, 0.4) is 0 Å². The van der Waals surface area contributed by atoms with Crippen LogP contribution in [0.2, 0.25) is 0 Å². The first-order valence-corrected chi connectivity index (χ1v) is 10.5. The number of carbonyl (C=O) groups is 1. The number of hydrogen-bond acceptors (Lipinski definition) is 6. The molecule has 0 aliphatic carbocycles. The summed E-state index contributed by atoms with van der Waals surface area (Å²) in [6.07, 6.45) is 2.47. The van der Waals surface area contributed by atoms with Gasteiger partial charge in [0.1, 0.15) is 4.88 Å². The summed E-state index contributed by atoms with van der Waals surface area (Å²) in [4.78, 5) is 27.4. The lowest BCUT2D eigenvalue weighted by Crippen LogP contribution is -2.45. The topological polar surface area (TPSA) is 94.5 Å². The minimum Gasteiger partial charge on any atom is -0.357 e. The lowest BCUT2D eigenvalue weighted by molar-refractivity contribution is 0.0958. The van der Waals surface area contributed by atoms with Crippen LogP contribution in [0, 0.1) is 12.7 Å². The lowest BCUT2D eigenvalue weighted by atomic mass is 10.3. The number of aryl methyl sites for hydroxylation is 1. The molecule has 1 aliphatic heterocycles. The van der Waals surface area contributed by atoms with E-state index in [1.165, 1.54) is 17.4 Å². The molecule has 164 valence electrons. The average molecular weight is 547 g/mol. The van der Waals surface area contributed by atoms with Crippen molar-refractivity contribution in [2.45, 2.75) is 26.3 Å². The molecule has 0 bridgehead atoms. The first kappa shape index (κ1) is 24.3. The van der Waals surface area contributed by atoms with Crippen LogP contribution in [0.15, 0.2) is 28.8 Å². The van der Waals surface area contributed by atoms with Crippen molar-refractivity contribution in [3.63, 3.8) is 0 Å². The highest BCUT2D eigenvalue weighted by molar-refractivity contribution is 14.0. The van der Waals surface area contributed by atoms with Gasteiger partial charge in [-0.25, -0.2) is 14.4 Å². The van der Waals surface area contributed by atoms with Gasteiger partial charge >= 0.3 is 0 Å². The normalized spacial score (nSPS) is 16.2. The van der Waals surface area contributed by atoms with E-state index in [1.54, 1.807) is 17.8 Å². The number of aliphatic imine (C=N–C) groups is 1. The number of hydrogen-bond donors (Lipinski definition) is 3. The van der Waals surface area contributed by atoms with Gasteiger partial charge < -0.3 is 20.9 Å². The smallest absolute Gasteiger partial charge is 0.263 e. The van der Waals surface area contributed by atoms with E-state index < -0.39 is 0 Å². The van der Waals surface area contributed by atoms with E-state index in [-0.39, 0.29) is 41.7 Å². The highest BCUT2D eigenvalue weighted by Gasteiger charge is 2.25.